The lowest BCUT2D eigenvalue weighted by atomic mass is 10.2. The lowest BCUT2D eigenvalue weighted by Gasteiger charge is -2.09. The number of rotatable bonds is 7. The van der Waals surface area contributed by atoms with Crippen molar-refractivity contribution in [1.29, 1.82) is 0 Å². The van der Waals surface area contributed by atoms with E-state index in [2.05, 4.69) is 5.10 Å². The minimum atomic E-state index is -0.258. The van der Waals surface area contributed by atoms with E-state index in [9.17, 15) is 4.79 Å². The highest BCUT2D eigenvalue weighted by Crippen LogP contribution is 2.34. The van der Waals surface area contributed by atoms with Crippen molar-refractivity contribution in [1.82, 2.24) is 5.01 Å². The number of hydrogen-bond donors (Lipinski definition) is 0. The summed E-state index contributed by atoms with van der Waals surface area (Å²) in [6.07, 6.45) is 3.38. The quantitative estimate of drug-likeness (QED) is 0.374. The number of carbonyl (C=O) groups excluding carboxylic acids is 1. The maximum Gasteiger partial charge on any atom is 0.286 e. The van der Waals surface area contributed by atoms with E-state index in [1.165, 1.54) is 16.8 Å². The van der Waals surface area contributed by atoms with E-state index < -0.39 is 0 Å². The number of thioether (sulfide) groups is 1. The lowest BCUT2D eigenvalue weighted by Crippen LogP contribution is -2.22. The third kappa shape index (κ3) is 4.61. The molecule has 0 unspecified atom stereocenters. The summed E-state index contributed by atoms with van der Waals surface area (Å²) in [6, 6.07) is 15.1. The van der Waals surface area contributed by atoms with Gasteiger partial charge in [-0.25, -0.2) is 0 Å². The van der Waals surface area contributed by atoms with Crippen LogP contribution in [-0.4, -0.2) is 34.7 Å². The number of amides is 1. The van der Waals surface area contributed by atoms with Gasteiger partial charge in [-0.2, -0.15) is 10.1 Å². The van der Waals surface area contributed by atoms with Crippen LogP contribution in [0, 0.1) is 0 Å². The zero-order valence-electron chi connectivity index (χ0n) is 15.6. The van der Waals surface area contributed by atoms with Crippen molar-refractivity contribution in [3.63, 3.8) is 0 Å². The summed E-state index contributed by atoms with van der Waals surface area (Å²) in [5, 5.41) is 5.53. The Kier molecular flexibility index (Phi) is 6.84. The Balaban J connectivity index is 1.83. The van der Waals surface area contributed by atoms with Crippen LogP contribution in [-0.2, 0) is 4.79 Å². The van der Waals surface area contributed by atoms with Crippen molar-refractivity contribution in [3.05, 3.63) is 64.6 Å². The molecule has 2 aromatic carbocycles. The van der Waals surface area contributed by atoms with E-state index in [1.807, 2.05) is 62.4 Å². The first-order valence-corrected chi connectivity index (χ1v) is 10.1. The van der Waals surface area contributed by atoms with E-state index in [0.29, 0.717) is 28.2 Å². The zero-order valence-corrected chi connectivity index (χ0v) is 17.3. The first-order chi connectivity index (χ1) is 13.6. The van der Waals surface area contributed by atoms with Crippen LogP contribution in [0.25, 0.3) is 6.08 Å². The predicted octanol–water partition coefficient (Wildman–Crippen LogP) is 4.72. The number of benzene rings is 2. The molecule has 1 aliphatic rings. The van der Waals surface area contributed by atoms with Gasteiger partial charge in [0.05, 0.1) is 24.3 Å². The van der Waals surface area contributed by atoms with Gasteiger partial charge in [0, 0.05) is 11.1 Å². The molecule has 1 saturated heterocycles. The summed E-state index contributed by atoms with van der Waals surface area (Å²) < 4.78 is 11.6. The molecule has 0 spiro atoms. The Morgan fingerprint density at radius 1 is 1.00 bits per heavy atom. The summed E-state index contributed by atoms with van der Waals surface area (Å²) in [7, 11) is 0. The Hall–Kier alpha value is -2.64. The van der Waals surface area contributed by atoms with Gasteiger partial charge >= 0.3 is 0 Å². The standard InChI is InChI=1S/C21H20N2O3S2/c1-3-25-17-11-7-5-9-15(17)13-19-20(24)23(21(27)28-19)22-14-16-10-6-8-12-18(16)26-4-2/h5-14H,3-4H2,1-2H3/b19-13-,22-14-. The van der Waals surface area contributed by atoms with Crippen LogP contribution in [0.3, 0.4) is 0 Å². The predicted molar refractivity (Wildman–Crippen MR) is 118 cm³/mol. The van der Waals surface area contributed by atoms with Gasteiger partial charge in [-0.1, -0.05) is 42.1 Å². The Morgan fingerprint density at radius 3 is 2.21 bits per heavy atom. The fraction of sp³-hybridized carbons (Fsp3) is 0.190. The highest BCUT2D eigenvalue weighted by molar-refractivity contribution is 8.26. The Morgan fingerprint density at radius 2 is 1.57 bits per heavy atom. The van der Waals surface area contributed by atoms with Crippen molar-refractivity contribution in [2.24, 2.45) is 5.10 Å². The molecule has 7 heteroatoms. The van der Waals surface area contributed by atoms with Crippen LogP contribution in [0.15, 0.2) is 58.5 Å². The molecule has 0 bridgehead atoms. The molecule has 0 atom stereocenters. The van der Waals surface area contributed by atoms with E-state index in [1.54, 1.807) is 12.3 Å². The fourth-order valence-corrected chi connectivity index (χ4v) is 3.74. The SMILES string of the molecule is CCOc1ccccc1/C=N\N1C(=O)/C(=C/c2ccccc2OCC)SC1=S. The molecule has 1 amide bonds. The van der Waals surface area contributed by atoms with Crippen LogP contribution >= 0.6 is 24.0 Å². The first-order valence-electron chi connectivity index (χ1n) is 8.89. The van der Waals surface area contributed by atoms with Crippen molar-refractivity contribution >= 4 is 46.5 Å². The second-order valence-corrected chi connectivity index (χ2v) is 7.36. The molecule has 1 aliphatic heterocycles. The third-order valence-electron chi connectivity index (χ3n) is 3.81. The van der Waals surface area contributed by atoms with E-state index >= 15 is 0 Å². The summed E-state index contributed by atoms with van der Waals surface area (Å²) in [6.45, 7) is 4.94. The molecule has 0 N–H and O–H groups in total. The second-order valence-electron chi connectivity index (χ2n) is 5.68. The minimum Gasteiger partial charge on any atom is -0.493 e. The molecule has 5 nitrogen and oxygen atoms in total. The maximum atomic E-state index is 12.8. The van der Waals surface area contributed by atoms with Crippen LogP contribution in [0.1, 0.15) is 25.0 Å². The molecule has 3 rings (SSSR count). The van der Waals surface area contributed by atoms with Gasteiger partial charge < -0.3 is 9.47 Å². The molecule has 2 aromatic rings. The molecule has 0 aliphatic carbocycles. The largest absolute Gasteiger partial charge is 0.493 e. The van der Waals surface area contributed by atoms with Crippen molar-refractivity contribution in [2.75, 3.05) is 13.2 Å². The molecular weight excluding hydrogens is 392 g/mol. The smallest absolute Gasteiger partial charge is 0.286 e. The molecule has 0 aromatic heterocycles. The highest BCUT2D eigenvalue weighted by atomic mass is 32.2. The average Bonchev–Trinajstić information content (AvgIpc) is 2.96. The van der Waals surface area contributed by atoms with Gasteiger partial charge in [-0.15, -0.1) is 0 Å². The minimum absolute atomic E-state index is 0.258. The van der Waals surface area contributed by atoms with Gasteiger partial charge in [-0.3, -0.25) is 4.79 Å². The number of nitrogens with zero attached hydrogens (tertiary/aromatic N) is 2. The molecule has 28 heavy (non-hydrogen) atoms. The van der Waals surface area contributed by atoms with E-state index in [0.717, 1.165) is 16.9 Å². The number of carbonyl (C=O) groups is 1. The average molecular weight is 413 g/mol. The van der Waals surface area contributed by atoms with E-state index in [-0.39, 0.29) is 5.91 Å². The van der Waals surface area contributed by atoms with Crippen molar-refractivity contribution in [2.45, 2.75) is 13.8 Å². The Bertz CT molecular complexity index is 941. The lowest BCUT2D eigenvalue weighted by molar-refractivity contribution is -0.122. The van der Waals surface area contributed by atoms with Crippen molar-refractivity contribution < 1.29 is 14.3 Å². The molecule has 0 saturated carbocycles. The van der Waals surface area contributed by atoms with Crippen molar-refractivity contribution in [3.8, 4) is 11.5 Å². The number of para-hydroxylation sites is 2. The van der Waals surface area contributed by atoms with Gasteiger partial charge in [0.2, 0.25) is 0 Å². The topological polar surface area (TPSA) is 51.1 Å². The molecule has 1 heterocycles. The normalized spacial score (nSPS) is 15.6. The van der Waals surface area contributed by atoms with Gasteiger partial charge in [-0.05, 0) is 50.3 Å². The van der Waals surface area contributed by atoms with Crippen LogP contribution < -0.4 is 9.47 Å². The number of hydrogen-bond acceptors (Lipinski definition) is 6. The number of thiocarbonyl (C=S) groups is 1. The van der Waals surface area contributed by atoms with Crippen LogP contribution in [0.5, 0.6) is 11.5 Å². The zero-order chi connectivity index (χ0) is 19.9. The monoisotopic (exact) mass is 412 g/mol. The highest BCUT2D eigenvalue weighted by Gasteiger charge is 2.32. The molecule has 144 valence electrons. The molecule has 0 radical (unpaired) electrons. The molecular formula is C21H20N2O3S2. The number of hydrazone groups is 1. The Labute approximate surface area is 174 Å². The second kappa shape index (κ2) is 9.52. The van der Waals surface area contributed by atoms with Crippen LogP contribution in [0.2, 0.25) is 0 Å². The van der Waals surface area contributed by atoms with Gasteiger partial charge in [0.1, 0.15) is 11.5 Å². The summed E-state index contributed by atoms with van der Waals surface area (Å²) in [5.41, 5.74) is 1.61. The summed E-state index contributed by atoms with van der Waals surface area (Å²) >= 11 is 6.57. The maximum absolute atomic E-state index is 12.8. The third-order valence-corrected chi connectivity index (χ3v) is 5.09. The summed E-state index contributed by atoms with van der Waals surface area (Å²) in [4.78, 5) is 13.3. The first kappa shape index (κ1) is 20.1. The summed E-state index contributed by atoms with van der Waals surface area (Å²) in [5.74, 6) is 1.18. The van der Waals surface area contributed by atoms with E-state index in [4.69, 9.17) is 21.7 Å². The van der Waals surface area contributed by atoms with Gasteiger partial charge in [0.25, 0.3) is 5.91 Å². The fourth-order valence-electron chi connectivity index (χ4n) is 2.58. The number of ether oxygens (including phenoxy) is 2. The molecule has 1 fully saturated rings. The van der Waals surface area contributed by atoms with Crippen LogP contribution in [0.4, 0.5) is 0 Å². The van der Waals surface area contributed by atoms with Gasteiger partial charge in [0.15, 0.2) is 4.32 Å².